The first-order chi connectivity index (χ1) is 10.2. The molecule has 1 saturated carbocycles. The Morgan fingerprint density at radius 1 is 1.24 bits per heavy atom. The smallest absolute Gasteiger partial charge is 0.223 e. The minimum atomic E-state index is 0.250. The summed E-state index contributed by atoms with van der Waals surface area (Å²) in [6.07, 6.45) is 11.2. The molecule has 2 N–H and O–H groups in total. The Labute approximate surface area is 130 Å². The Bertz CT molecular complexity index is 312. The molecule has 0 aromatic carbocycles. The van der Waals surface area contributed by atoms with Crippen LogP contribution in [0.3, 0.4) is 0 Å². The van der Waals surface area contributed by atoms with Gasteiger partial charge in [0, 0.05) is 12.0 Å². The highest BCUT2D eigenvalue weighted by molar-refractivity contribution is 5.79. The second-order valence-corrected chi connectivity index (χ2v) is 7.31. The minimum Gasteiger partial charge on any atom is -0.353 e. The van der Waals surface area contributed by atoms with Crippen molar-refractivity contribution in [3.05, 3.63) is 0 Å². The largest absolute Gasteiger partial charge is 0.353 e. The summed E-state index contributed by atoms with van der Waals surface area (Å²) in [5, 5.41) is 6.77. The fraction of sp³-hybridized carbons (Fsp3) is 0.944. The van der Waals surface area contributed by atoms with E-state index in [1.807, 2.05) is 0 Å². The highest BCUT2D eigenvalue weighted by Gasteiger charge is 2.28. The highest BCUT2D eigenvalue weighted by atomic mass is 16.1. The van der Waals surface area contributed by atoms with Gasteiger partial charge in [-0.05, 0) is 44.2 Å². The molecule has 0 aromatic rings. The van der Waals surface area contributed by atoms with Crippen LogP contribution in [0.25, 0.3) is 0 Å². The van der Waals surface area contributed by atoms with Crippen molar-refractivity contribution in [3.8, 4) is 0 Å². The van der Waals surface area contributed by atoms with Gasteiger partial charge in [0.2, 0.25) is 5.91 Å². The fourth-order valence-corrected chi connectivity index (χ4v) is 4.06. The van der Waals surface area contributed by atoms with Crippen molar-refractivity contribution >= 4 is 5.91 Å². The molecule has 1 amide bonds. The molecule has 3 atom stereocenters. The molecule has 1 aliphatic carbocycles. The normalized spacial score (nSPS) is 29.0. The number of carbonyl (C=O) groups excluding carboxylic acids is 1. The van der Waals surface area contributed by atoms with Crippen molar-refractivity contribution in [2.75, 3.05) is 13.1 Å². The molecule has 0 aromatic heterocycles. The maximum absolute atomic E-state index is 12.7. The fourth-order valence-electron chi connectivity index (χ4n) is 4.06. The Morgan fingerprint density at radius 2 is 2.00 bits per heavy atom. The van der Waals surface area contributed by atoms with E-state index in [2.05, 4.69) is 24.5 Å². The van der Waals surface area contributed by atoms with Gasteiger partial charge in [0.15, 0.2) is 0 Å². The van der Waals surface area contributed by atoms with Crippen molar-refractivity contribution in [1.82, 2.24) is 10.6 Å². The monoisotopic (exact) mass is 294 g/mol. The third-order valence-corrected chi connectivity index (χ3v) is 5.46. The highest BCUT2D eigenvalue weighted by Crippen LogP contribution is 2.30. The van der Waals surface area contributed by atoms with E-state index in [9.17, 15) is 4.79 Å². The number of nitrogens with one attached hydrogen (secondary N) is 2. The molecular formula is C18H34N2O. The van der Waals surface area contributed by atoms with E-state index in [0.29, 0.717) is 17.9 Å². The summed E-state index contributed by atoms with van der Waals surface area (Å²) in [6.45, 7) is 6.52. The molecule has 3 heteroatoms. The van der Waals surface area contributed by atoms with Crippen LogP contribution in [0.5, 0.6) is 0 Å². The van der Waals surface area contributed by atoms with Gasteiger partial charge in [-0.2, -0.15) is 0 Å². The maximum Gasteiger partial charge on any atom is 0.223 e. The van der Waals surface area contributed by atoms with Gasteiger partial charge >= 0.3 is 0 Å². The average molecular weight is 294 g/mol. The van der Waals surface area contributed by atoms with Crippen LogP contribution in [-0.2, 0) is 4.79 Å². The zero-order chi connectivity index (χ0) is 15.1. The van der Waals surface area contributed by atoms with Crippen LogP contribution < -0.4 is 10.6 Å². The van der Waals surface area contributed by atoms with Gasteiger partial charge in [-0.25, -0.2) is 0 Å². The van der Waals surface area contributed by atoms with Crippen molar-refractivity contribution in [2.45, 2.75) is 77.7 Å². The molecular weight excluding hydrogens is 260 g/mol. The minimum absolute atomic E-state index is 0.250. The van der Waals surface area contributed by atoms with Crippen molar-refractivity contribution < 1.29 is 4.79 Å². The van der Waals surface area contributed by atoms with Crippen molar-refractivity contribution in [2.24, 2.45) is 17.8 Å². The number of hydrogen-bond donors (Lipinski definition) is 2. The molecule has 2 aliphatic rings. The lowest BCUT2D eigenvalue weighted by Crippen LogP contribution is -2.50. The summed E-state index contributed by atoms with van der Waals surface area (Å²) in [5.74, 6) is 1.94. The van der Waals surface area contributed by atoms with Gasteiger partial charge in [0.1, 0.15) is 0 Å². The van der Waals surface area contributed by atoms with E-state index in [-0.39, 0.29) is 5.92 Å². The molecule has 1 aliphatic heterocycles. The molecule has 1 saturated heterocycles. The first kappa shape index (κ1) is 16.8. The van der Waals surface area contributed by atoms with E-state index in [1.165, 1.54) is 32.1 Å². The molecule has 21 heavy (non-hydrogen) atoms. The predicted molar refractivity (Wildman–Crippen MR) is 88.2 cm³/mol. The van der Waals surface area contributed by atoms with Crippen LogP contribution >= 0.6 is 0 Å². The Hall–Kier alpha value is -0.570. The van der Waals surface area contributed by atoms with Gasteiger partial charge in [0.25, 0.3) is 0 Å². The van der Waals surface area contributed by atoms with E-state index in [4.69, 9.17) is 0 Å². The first-order valence-electron chi connectivity index (χ1n) is 9.21. The maximum atomic E-state index is 12.7. The molecule has 0 radical (unpaired) electrons. The van der Waals surface area contributed by atoms with Gasteiger partial charge in [-0.1, -0.05) is 52.4 Å². The summed E-state index contributed by atoms with van der Waals surface area (Å²) >= 11 is 0. The van der Waals surface area contributed by atoms with Gasteiger partial charge in [0.05, 0.1) is 0 Å². The SMILES string of the molecule is CCCC(CC1CCCCC1)C(=O)NC1CCNCC1C. The summed E-state index contributed by atoms with van der Waals surface area (Å²) in [4.78, 5) is 12.7. The number of rotatable bonds is 6. The molecule has 3 unspecified atom stereocenters. The Balaban J connectivity index is 1.85. The van der Waals surface area contributed by atoms with Crippen molar-refractivity contribution in [1.29, 1.82) is 0 Å². The molecule has 3 nitrogen and oxygen atoms in total. The predicted octanol–water partition coefficient (Wildman–Crippen LogP) is 3.49. The average Bonchev–Trinajstić information content (AvgIpc) is 2.50. The lowest BCUT2D eigenvalue weighted by atomic mass is 9.81. The molecule has 0 spiro atoms. The van der Waals surface area contributed by atoms with E-state index in [0.717, 1.165) is 44.7 Å². The number of carbonyl (C=O) groups is 1. The lowest BCUT2D eigenvalue weighted by Gasteiger charge is -2.32. The summed E-state index contributed by atoms with van der Waals surface area (Å²) in [6, 6.07) is 0.379. The quantitative estimate of drug-likeness (QED) is 0.787. The van der Waals surface area contributed by atoms with Crippen LogP contribution in [0.4, 0.5) is 0 Å². The van der Waals surface area contributed by atoms with Gasteiger partial charge in [-0.15, -0.1) is 0 Å². The van der Waals surface area contributed by atoms with Crippen LogP contribution in [-0.4, -0.2) is 25.0 Å². The van der Waals surface area contributed by atoms with E-state index < -0.39 is 0 Å². The summed E-state index contributed by atoms with van der Waals surface area (Å²) in [7, 11) is 0. The first-order valence-corrected chi connectivity index (χ1v) is 9.21. The lowest BCUT2D eigenvalue weighted by molar-refractivity contribution is -0.127. The topological polar surface area (TPSA) is 41.1 Å². The van der Waals surface area contributed by atoms with Crippen LogP contribution in [0, 0.1) is 17.8 Å². The number of hydrogen-bond acceptors (Lipinski definition) is 2. The number of amides is 1. The zero-order valence-electron chi connectivity index (χ0n) is 14.0. The standard InChI is InChI=1S/C18H34N2O/c1-3-7-16(12-15-8-5-4-6-9-15)18(21)20-17-10-11-19-13-14(17)2/h14-17,19H,3-13H2,1-2H3,(H,20,21). The third-order valence-electron chi connectivity index (χ3n) is 5.46. The molecule has 1 heterocycles. The molecule has 0 bridgehead atoms. The molecule has 122 valence electrons. The van der Waals surface area contributed by atoms with Gasteiger partial charge in [-0.3, -0.25) is 4.79 Å². The Kier molecular flexibility index (Phi) is 7.01. The van der Waals surface area contributed by atoms with Gasteiger partial charge < -0.3 is 10.6 Å². The van der Waals surface area contributed by atoms with E-state index in [1.54, 1.807) is 0 Å². The summed E-state index contributed by atoms with van der Waals surface area (Å²) in [5.41, 5.74) is 0. The van der Waals surface area contributed by atoms with E-state index >= 15 is 0 Å². The van der Waals surface area contributed by atoms with Crippen LogP contribution in [0.15, 0.2) is 0 Å². The van der Waals surface area contributed by atoms with Crippen LogP contribution in [0.1, 0.15) is 71.6 Å². The summed E-state index contributed by atoms with van der Waals surface area (Å²) < 4.78 is 0. The van der Waals surface area contributed by atoms with Crippen molar-refractivity contribution in [3.63, 3.8) is 0 Å². The Morgan fingerprint density at radius 3 is 2.67 bits per heavy atom. The second kappa shape index (κ2) is 8.77. The van der Waals surface area contributed by atoms with Crippen LogP contribution in [0.2, 0.25) is 0 Å². The third kappa shape index (κ3) is 5.28. The molecule has 2 fully saturated rings. The molecule has 2 rings (SSSR count). The zero-order valence-corrected chi connectivity index (χ0v) is 14.0. The number of piperidine rings is 1. The second-order valence-electron chi connectivity index (χ2n) is 7.31.